The fourth-order valence-corrected chi connectivity index (χ4v) is 6.40. The smallest absolute Gasteiger partial charge is 0.199 e. The highest BCUT2D eigenvalue weighted by Gasteiger charge is 2.45. The third kappa shape index (κ3) is 4.24. The van der Waals surface area contributed by atoms with Crippen LogP contribution in [0, 0.1) is 5.41 Å². The molecule has 1 atom stereocenters. The van der Waals surface area contributed by atoms with Crippen LogP contribution in [0.15, 0.2) is 89.3 Å². The molecule has 3 aromatic carbocycles. The molecule has 7 heteroatoms. The number of nitrogens with zero attached hydrogens (tertiary/aromatic N) is 1. The lowest BCUT2D eigenvalue weighted by atomic mass is 9.73. The fourth-order valence-electron chi connectivity index (χ4n) is 6.40. The molecule has 1 heterocycles. The maximum atomic E-state index is 14.1. The molecule has 1 unspecified atom stereocenters. The van der Waals surface area contributed by atoms with Crippen molar-refractivity contribution in [3.63, 3.8) is 0 Å². The molecule has 2 aliphatic carbocycles. The molecule has 0 bridgehead atoms. The Morgan fingerprint density at radius 3 is 2.20 bits per heavy atom. The molecule has 1 N–H and O–H groups in total. The predicted octanol–water partition coefficient (Wildman–Crippen LogP) is 6.67. The summed E-state index contributed by atoms with van der Waals surface area (Å²) in [6, 6.07) is 19.5. The topological polar surface area (TPSA) is 84.9 Å². The number of carbonyl (C=O) groups excluding carboxylic acids is 3. The lowest BCUT2D eigenvalue weighted by Gasteiger charge is -2.39. The van der Waals surface area contributed by atoms with Crippen molar-refractivity contribution in [3.05, 3.63) is 106 Å². The van der Waals surface area contributed by atoms with Crippen LogP contribution in [0.25, 0.3) is 0 Å². The van der Waals surface area contributed by atoms with Gasteiger partial charge in [0.2, 0.25) is 0 Å². The van der Waals surface area contributed by atoms with Gasteiger partial charge in [-0.3, -0.25) is 14.4 Å². The van der Waals surface area contributed by atoms with Gasteiger partial charge in [-0.25, -0.2) is 0 Å². The van der Waals surface area contributed by atoms with Gasteiger partial charge in [0, 0.05) is 46.1 Å². The highest BCUT2D eigenvalue weighted by molar-refractivity contribution is 6.40. The molecule has 0 aromatic heterocycles. The number of methoxy groups -OCH3 is 2. The van der Waals surface area contributed by atoms with Crippen molar-refractivity contribution in [3.8, 4) is 11.5 Å². The average molecular weight is 549 g/mol. The van der Waals surface area contributed by atoms with Crippen molar-refractivity contribution in [1.29, 1.82) is 0 Å². The molecule has 0 saturated heterocycles. The first kappa shape index (κ1) is 26.6. The molecule has 208 valence electrons. The molecule has 41 heavy (non-hydrogen) atoms. The van der Waals surface area contributed by atoms with Crippen molar-refractivity contribution in [2.75, 3.05) is 24.4 Å². The van der Waals surface area contributed by atoms with Crippen molar-refractivity contribution < 1.29 is 23.9 Å². The Kier molecular flexibility index (Phi) is 6.33. The molecular formula is C34H32N2O5. The quantitative estimate of drug-likeness (QED) is 0.288. The molecule has 1 aliphatic heterocycles. The van der Waals surface area contributed by atoms with Gasteiger partial charge in [0.05, 0.1) is 37.2 Å². The zero-order chi connectivity index (χ0) is 29.1. The van der Waals surface area contributed by atoms with E-state index in [1.165, 1.54) is 0 Å². The molecule has 6 rings (SSSR count). The molecule has 3 aliphatic rings. The summed E-state index contributed by atoms with van der Waals surface area (Å²) in [5.41, 5.74) is 4.80. The highest BCUT2D eigenvalue weighted by atomic mass is 16.5. The first-order valence-electron chi connectivity index (χ1n) is 13.7. The molecule has 3 aromatic rings. The lowest BCUT2D eigenvalue weighted by molar-refractivity contribution is -0.118. The van der Waals surface area contributed by atoms with Gasteiger partial charge >= 0.3 is 0 Å². The minimum absolute atomic E-state index is 0.00888. The molecule has 0 radical (unpaired) electrons. The Labute approximate surface area is 239 Å². The number of Topliss-reactive ketones (excluding diaryl/α,β-unsaturated/α-hetero) is 3. The van der Waals surface area contributed by atoms with Crippen molar-refractivity contribution >= 4 is 28.7 Å². The molecule has 7 nitrogen and oxygen atoms in total. The first-order chi connectivity index (χ1) is 19.6. The van der Waals surface area contributed by atoms with Gasteiger partial charge in [-0.05, 0) is 43.0 Å². The van der Waals surface area contributed by atoms with Gasteiger partial charge in [0.1, 0.15) is 11.5 Å². The van der Waals surface area contributed by atoms with E-state index in [1.54, 1.807) is 51.5 Å². The number of carbonyl (C=O) groups is 3. The average Bonchev–Trinajstić information content (AvgIpc) is 3.11. The summed E-state index contributed by atoms with van der Waals surface area (Å²) in [4.78, 5) is 43.5. The molecule has 0 spiro atoms. The summed E-state index contributed by atoms with van der Waals surface area (Å²) in [6.45, 7) is 5.97. The van der Waals surface area contributed by atoms with E-state index in [1.807, 2.05) is 41.3 Å². The maximum Gasteiger partial charge on any atom is 0.199 e. The second-order valence-electron chi connectivity index (χ2n) is 11.5. The normalized spacial score (nSPS) is 19.2. The van der Waals surface area contributed by atoms with Crippen LogP contribution in [0.1, 0.15) is 65.9 Å². The largest absolute Gasteiger partial charge is 0.497 e. The summed E-state index contributed by atoms with van der Waals surface area (Å²) in [5.74, 6) is 0.524. The van der Waals surface area contributed by atoms with E-state index in [9.17, 15) is 14.4 Å². The minimum atomic E-state index is -0.678. The molecule has 0 saturated carbocycles. The highest BCUT2D eigenvalue weighted by Crippen LogP contribution is 2.52. The van der Waals surface area contributed by atoms with E-state index in [0.717, 1.165) is 22.6 Å². The van der Waals surface area contributed by atoms with Gasteiger partial charge in [0.15, 0.2) is 17.3 Å². The predicted molar refractivity (Wildman–Crippen MR) is 158 cm³/mol. The number of allylic oxidation sites excluding steroid dienone is 3. The SMILES string of the molecule is COc1ccc(C2C3=C(CC(C)(C)CC3=O)Nc3ccccc3N2C(C)=C2C(=O)c3ccccc3C2=O)c(OC)c1. The van der Waals surface area contributed by atoms with E-state index < -0.39 is 6.04 Å². The second kappa shape index (κ2) is 9.77. The standard InChI is InChI=1S/C34H32N2O5/c1-19(29-32(38)21-10-6-7-11-22(21)33(29)39)36-26-13-9-8-12-24(26)35-25-17-34(2,3)18-27(37)30(25)31(36)23-15-14-20(40-4)16-28(23)41-5/h6-16,31,35H,17-18H2,1-5H3. The van der Waals surface area contributed by atoms with Gasteiger partial charge in [-0.2, -0.15) is 0 Å². The number of rotatable bonds is 4. The van der Waals surface area contributed by atoms with Crippen LogP contribution >= 0.6 is 0 Å². The zero-order valence-corrected chi connectivity index (χ0v) is 23.8. The Bertz CT molecular complexity index is 1660. The summed E-state index contributed by atoms with van der Waals surface area (Å²) >= 11 is 0. The van der Waals surface area contributed by atoms with Gasteiger partial charge in [-0.15, -0.1) is 0 Å². The van der Waals surface area contributed by atoms with E-state index in [-0.39, 0.29) is 28.3 Å². The minimum Gasteiger partial charge on any atom is -0.497 e. The number of ether oxygens (including phenoxy) is 2. The third-order valence-electron chi connectivity index (χ3n) is 8.23. The van der Waals surface area contributed by atoms with Gasteiger partial charge < -0.3 is 19.7 Å². The fraction of sp³-hybridized carbons (Fsp3) is 0.265. The molecular weight excluding hydrogens is 516 g/mol. The summed E-state index contributed by atoms with van der Waals surface area (Å²) < 4.78 is 11.3. The Morgan fingerprint density at radius 1 is 0.878 bits per heavy atom. The Hall–Kier alpha value is -4.65. The monoisotopic (exact) mass is 548 g/mol. The van der Waals surface area contributed by atoms with Gasteiger partial charge in [0.25, 0.3) is 0 Å². The van der Waals surface area contributed by atoms with E-state index >= 15 is 0 Å². The molecule has 0 fully saturated rings. The van der Waals surface area contributed by atoms with Crippen LogP contribution in [0.2, 0.25) is 0 Å². The summed E-state index contributed by atoms with van der Waals surface area (Å²) in [7, 11) is 3.17. The van der Waals surface area contributed by atoms with Crippen molar-refractivity contribution in [2.24, 2.45) is 5.41 Å². The first-order valence-corrected chi connectivity index (χ1v) is 13.7. The van der Waals surface area contributed by atoms with E-state index in [4.69, 9.17) is 9.47 Å². The van der Waals surface area contributed by atoms with Crippen LogP contribution in [-0.4, -0.2) is 31.6 Å². The van der Waals surface area contributed by atoms with Crippen LogP contribution in [0.5, 0.6) is 11.5 Å². The second-order valence-corrected chi connectivity index (χ2v) is 11.5. The van der Waals surface area contributed by atoms with Crippen LogP contribution in [0.4, 0.5) is 11.4 Å². The Balaban J connectivity index is 1.68. The van der Waals surface area contributed by atoms with Crippen LogP contribution in [0.3, 0.4) is 0 Å². The number of benzene rings is 3. The van der Waals surface area contributed by atoms with Crippen molar-refractivity contribution in [1.82, 2.24) is 0 Å². The molecule has 0 amide bonds. The number of hydrogen-bond donors (Lipinski definition) is 1. The summed E-state index contributed by atoms with van der Waals surface area (Å²) in [5, 5.41) is 3.58. The van der Waals surface area contributed by atoms with Crippen LogP contribution in [-0.2, 0) is 4.79 Å². The van der Waals surface area contributed by atoms with E-state index in [0.29, 0.717) is 46.7 Å². The zero-order valence-electron chi connectivity index (χ0n) is 23.8. The third-order valence-corrected chi connectivity index (χ3v) is 8.23. The van der Waals surface area contributed by atoms with Crippen LogP contribution < -0.4 is 19.7 Å². The van der Waals surface area contributed by atoms with E-state index in [2.05, 4.69) is 19.2 Å². The number of ketones is 3. The number of hydrogen-bond acceptors (Lipinski definition) is 7. The number of nitrogens with one attached hydrogen (secondary N) is 1. The van der Waals surface area contributed by atoms with Crippen molar-refractivity contribution in [2.45, 2.75) is 39.7 Å². The number of anilines is 2. The lowest BCUT2D eigenvalue weighted by Crippen LogP contribution is -2.36. The van der Waals surface area contributed by atoms with Gasteiger partial charge in [-0.1, -0.05) is 50.2 Å². The maximum absolute atomic E-state index is 14.1. The number of fused-ring (bicyclic) bond motifs is 2. The summed E-state index contributed by atoms with van der Waals surface area (Å²) in [6.07, 6.45) is 1.02. The number of para-hydroxylation sites is 2. The Morgan fingerprint density at radius 2 is 1.54 bits per heavy atom.